The molecule has 0 radical (unpaired) electrons. The van der Waals surface area contributed by atoms with Gasteiger partial charge in [-0.1, -0.05) is 0 Å². The largest absolute Gasteiger partial charge is 0.335 e. The highest BCUT2D eigenvalue weighted by atomic mass is 19.3. The van der Waals surface area contributed by atoms with Crippen molar-refractivity contribution in [1.82, 2.24) is 25.2 Å². The molecule has 0 aromatic carbocycles. The summed E-state index contributed by atoms with van der Waals surface area (Å²) in [6.07, 6.45) is 0.701. The Labute approximate surface area is 164 Å². The van der Waals surface area contributed by atoms with Crippen LogP contribution in [-0.2, 0) is 18.8 Å². The minimum absolute atomic E-state index is 0.00830. The average Bonchev–Trinajstić information content (AvgIpc) is 3.26. The lowest BCUT2D eigenvalue weighted by Crippen LogP contribution is -2.51. The summed E-state index contributed by atoms with van der Waals surface area (Å²) in [4.78, 5) is 34.4. The number of fused-ring (bicyclic) bond motifs is 3. The highest BCUT2D eigenvalue weighted by Gasteiger charge is 2.51. The van der Waals surface area contributed by atoms with E-state index in [1.807, 2.05) is 0 Å². The molecule has 5 rings (SSSR count). The summed E-state index contributed by atoms with van der Waals surface area (Å²) < 4.78 is 28.9. The first-order chi connectivity index (χ1) is 13.8. The van der Waals surface area contributed by atoms with Crippen molar-refractivity contribution in [2.75, 3.05) is 5.32 Å². The number of aromatic nitrogens is 3. The third-order valence-corrected chi connectivity index (χ3v) is 6.07. The fraction of sp³-hybridized carbons (Fsp3) is 0.474. The topological polar surface area (TPSA) is 101 Å². The van der Waals surface area contributed by atoms with Crippen molar-refractivity contribution in [3.63, 3.8) is 0 Å². The van der Waals surface area contributed by atoms with Crippen LogP contribution in [0.15, 0.2) is 17.2 Å². The third-order valence-electron chi connectivity index (χ3n) is 6.07. The van der Waals surface area contributed by atoms with Gasteiger partial charge in [-0.15, -0.1) is 0 Å². The van der Waals surface area contributed by atoms with Crippen LogP contribution in [0.2, 0.25) is 0 Å². The zero-order valence-corrected chi connectivity index (χ0v) is 15.8. The molecule has 1 spiro atoms. The minimum atomic E-state index is -2.78. The maximum atomic E-state index is 13.8. The number of anilines is 2. The number of nitrogens with one attached hydrogen (secondary N) is 3. The second-order valence-electron chi connectivity index (χ2n) is 7.95. The maximum absolute atomic E-state index is 13.8. The Morgan fingerprint density at radius 2 is 1.90 bits per heavy atom. The van der Waals surface area contributed by atoms with Gasteiger partial charge in [-0.05, 0) is 31.4 Å². The highest BCUT2D eigenvalue weighted by molar-refractivity contribution is 5.97. The van der Waals surface area contributed by atoms with Gasteiger partial charge in [0.15, 0.2) is 0 Å². The molecule has 0 bridgehead atoms. The molecule has 0 unspecified atom stereocenters. The molecule has 152 valence electrons. The van der Waals surface area contributed by atoms with Gasteiger partial charge in [0.2, 0.25) is 5.92 Å². The molecule has 1 aliphatic carbocycles. The van der Waals surface area contributed by atoms with Crippen LogP contribution in [0.3, 0.4) is 0 Å². The Bertz CT molecular complexity index is 1090. The molecule has 1 amide bonds. The lowest BCUT2D eigenvalue weighted by molar-refractivity contribution is -0.0667. The van der Waals surface area contributed by atoms with E-state index < -0.39 is 23.1 Å². The summed E-state index contributed by atoms with van der Waals surface area (Å²) in [5, 5.41) is 9.09. The predicted octanol–water partition coefficient (Wildman–Crippen LogP) is 1.90. The zero-order chi connectivity index (χ0) is 20.4. The van der Waals surface area contributed by atoms with Gasteiger partial charge in [-0.2, -0.15) is 0 Å². The second-order valence-corrected chi connectivity index (χ2v) is 7.95. The van der Waals surface area contributed by atoms with Crippen LogP contribution in [0.25, 0.3) is 0 Å². The molecule has 3 aliphatic rings. The van der Waals surface area contributed by atoms with E-state index in [-0.39, 0.29) is 37.1 Å². The molecule has 1 saturated carbocycles. The Hall–Kier alpha value is -2.88. The van der Waals surface area contributed by atoms with Crippen LogP contribution >= 0.6 is 0 Å². The van der Waals surface area contributed by atoms with E-state index in [0.29, 0.717) is 24.5 Å². The Morgan fingerprint density at radius 3 is 2.66 bits per heavy atom. The summed E-state index contributed by atoms with van der Waals surface area (Å²) >= 11 is 0. The summed E-state index contributed by atoms with van der Waals surface area (Å²) in [5.41, 5.74) is 1.31. The summed E-state index contributed by atoms with van der Waals surface area (Å²) in [5.74, 6) is -2.65. The Morgan fingerprint density at radius 1 is 1.14 bits per heavy atom. The van der Waals surface area contributed by atoms with Crippen LogP contribution in [0, 0.1) is 6.92 Å². The van der Waals surface area contributed by atoms with Gasteiger partial charge in [-0.25, -0.2) is 18.7 Å². The van der Waals surface area contributed by atoms with E-state index in [1.165, 1.54) is 10.9 Å². The lowest BCUT2D eigenvalue weighted by Gasteiger charge is -2.38. The molecular weight excluding hydrogens is 382 g/mol. The number of halogens is 2. The van der Waals surface area contributed by atoms with Gasteiger partial charge in [0.1, 0.15) is 29.2 Å². The number of hydrogen-bond donors (Lipinski definition) is 3. The maximum Gasteiger partial charge on any atom is 0.276 e. The number of aryl methyl sites for hydroxylation is 1. The zero-order valence-electron chi connectivity index (χ0n) is 15.8. The van der Waals surface area contributed by atoms with Crippen LogP contribution in [-0.4, -0.2) is 26.4 Å². The van der Waals surface area contributed by atoms with Gasteiger partial charge >= 0.3 is 0 Å². The van der Waals surface area contributed by atoms with Crippen LogP contribution in [0.4, 0.5) is 20.3 Å². The Balaban J connectivity index is 1.60. The molecule has 1 fully saturated rings. The first-order valence-electron chi connectivity index (χ1n) is 9.58. The van der Waals surface area contributed by atoms with E-state index in [9.17, 15) is 18.4 Å². The van der Waals surface area contributed by atoms with Gasteiger partial charge in [0.05, 0.1) is 5.69 Å². The van der Waals surface area contributed by atoms with Crippen LogP contribution < -0.4 is 21.5 Å². The Kier molecular flexibility index (Phi) is 3.79. The number of amides is 1. The highest BCUT2D eigenvalue weighted by Crippen LogP contribution is 2.43. The predicted molar refractivity (Wildman–Crippen MR) is 100 cm³/mol. The molecule has 2 aliphatic heterocycles. The van der Waals surface area contributed by atoms with E-state index in [1.54, 1.807) is 13.0 Å². The average molecular weight is 402 g/mol. The molecule has 0 atom stereocenters. The van der Waals surface area contributed by atoms with Crippen LogP contribution in [0.5, 0.6) is 0 Å². The monoisotopic (exact) mass is 402 g/mol. The molecular formula is C19H20F2N6O2. The summed E-state index contributed by atoms with van der Waals surface area (Å²) in [6, 6.07) is 1.61. The van der Waals surface area contributed by atoms with Crippen molar-refractivity contribution < 1.29 is 13.6 Å². The standard InChI is InChI=1S/C19H20F2N6O2/c1-10-6-12(25-15-11-7-22-8-13(11)23-9-24-15)17(29)27-14(10)16(28)26-19(27)4-2-18(20,21)3-5-19/h6,9,22H,2-5,7-8H2,1H3,(H,26,28)(H,23,24,25). The van der Waals surface area contributed by atoms with E-state index in [4.69, 9.17) is 0 Å². The van der Waals surface area contributed by atoms with Gasteiger partial charge in [0, 0.05) is 31.5 Å². The number of carbonyl (C=O) groups is 1. The number of nitrogens with zero attached hydrogens (tertiary/aromatic N) is 3. The molecule has 29 heavy (non-hydrogen) atoms. The van der Waals surface area contributed by atoms with Crippen molar-refractivity contribution in [3.8, 4) is 0 Å². The van der Waals surface area contributed by atoms with Gasteiger partial charge < -0.3 is 16.0 Å². The first kappa shape index (κ1) is 18.2. The van der Waals surface area contributed by atoms with E-state index in [2.05, 4.69) is 25.9 Å². The normalized spacial score (nSPS) is 21.0. The van der Waals surface area contributed by atoms with Crippen molar-refractivity contribution in [3.05, 3.63) is 45.3 Å². The van der Waals surface area contributed by atoms with Crippen molar-refractivity contribution >= 4 is 17.4 Å². The third kappa shape index (κ3) is 2.73. The molecule has 10 heteroatoms. The lowest BCUT2D eigenvalue weighted by atomic mass is 9.86. The second kappa shape index (κ2) is 6.06. The molecule has 0 saturated heterocycles. The van der Waals surface area contributed by atoms with Gasteiger partial charge in [0.25, 0.3) is 11.5 Å². The molecule has 8 nitrogen and oxygen atoms in total. The molecule has 4 heterocycles. The van der Waals surface area contributed by atoms with E-state index in [0.717, 1.165) is 11.3 Å². The number of hydrogen-bond acceptors (Lipinski definition) is 6. The minimum Gasteiger partial charge on any atom is -0.335 e. The van der Waals surface area contributed by atoms with Gasteiger partial charge in [-0.3, -0.25) is 14.2 Å². The quantitative estimate of drug-likeness (QED) is 0.709. The number of pyridine rings is 1. The fourth-order valence-corrected chi connectivity index (χ4v) is 4.56. The number of rotatable bonds is 2. The van der Waals surface area contributed by atoms with Crippen molar-refractivity contribution in [2.24, 2.45) is 0 Å². The van der Waals surface area contributed by atoms with E-state index >= 15 is 0 Å². The summed E-state index contributed by atoms with van der Waals surface area (Å²) in [7, 11) is 0. The SMILES string of the molecule is Cc1cc(Nc2ncnc3c2CNC3)c(=O)n2c1C(=O)NC21CCC(F)(F)CC1. The molecule has 3 N–H and O–H groups in total. The first-order valence-corrected chi connectivity index (χ1v) is 9.58. The smallest absolute Gasteiger partial charge is 0.276 e. The molecule has 2 aromatic rings. The van der Waals surface area contributed by atoms with Crippen molar-refractivity contribution in [2.45, 2.75) is 57.3 Å². The fourth-order valence-electron chi connectivity index (χ4n) is 4.56. The number of alkyl halides is 2. The van der Waals surface area contributed by atoms with Crippen LogP contribution in [0.1, 0.15) is 53.0 Å². The van der Waals surface area contributed by atoms with Crippen molar-refractivity contribution in [1.29, 1.82) is 0 Å². The number of carbonyl (C=O) groups excluding carboxylic acids is 1. The molecule has 2 aromatic heterocycles. The summed E-state index contributed by atoms with van der Waals surface area (Å²) in [6.45, 7) is 2.95.